The molecule has 0 amide bonds. The third-order valence-corrected chi connectivity index (χ3v) is 3.31. The minimum absolute atomic E-state index is 0.328. The van der Waals surface area contributed by atoms with Crippen LogP contribution in [-0.2, 0) is 4.74 Å². The van der Waals surface area contributed by atoms with Crippen molar-refractivity contribution in [3.63, 3.8) is 0 Å². The summed E-state index contributed by atoms with van der Waals surface area (Å²) in [5, 5.41) is 0. The second kappa shape index (κ2) is 8.40. The fraction of sp³-hybridized carbons (Fsp3) is 0.444. The molecule has 0 heterocycles. The zero-order chi connectivity index (χ0) is 15.7. The van der Waals surface area contributed by atoms with Gasteiger partial charge in [0.05, 0.1) is 5.56 Å². The van der Waals surface area contributed by atoms with E-state index in [9.17, 15) is 9.59 Å². The lowest BCUT2D eigenvalue weighted by Crippen LogP contribution is -2.28. The maximum atomic E-state index is 12.2. The first-order valence-electron chi connectivity index (χ1n) is 7.39. The Bertz CT molecular complexity index is 501. The molecule has 0 aliphatic heterocycles. The molecule has 0 N–H and O–H groups in total. The summed E-state index contributed by atoms with van der Waals surface area (Å²) in [5.74, 6) is -0.434. The summed E-state index contributed by atoms with van der Waals surface area (Å²) < 4.78 is 5.56. The standard InChI is InChI=1S/C18H24O3/c1-4-5-6-7-10-13-18(2,3)21-17(20)16-12-9-8-11-15(16)14-19/h4-5,8-9,11-12,14H,6-7,10,13H2,1-3H3. The van der Waals surface area contributed by atoms with Crippen LogP contribution in [0.5, 0.6) is 0 Å². The highest BCUT2D eigenvalue weighted by Crippen LogP contribution is 2.21. The van der Waals surface area contributed by atoms with Crippen molar-refractivity contribution in [3.8, 4) is 0 Å². The lowest BCUT2D eigenvalue weighted by molar-refractivity contribution is -0.00552. The van der Waals surface area contributed by atoms with Crippen LogP contribution in [0.3, 0.4) is 0 Å². The van der Waals surface area contributed by atoms with Crippen LogP contribution in [0.1, 0.15) is 67.2 Å². The maximum Gasteiger partial charge on any atom is 0.339 e. The Hall–Kier alpha value is -1.90. The predicted molar refractivity (Wildman–Crippen MR) is 84.6 cm³/mol. The second-order valence-electron chi connectivity index (χ2n) is 5.67. The van der Waals surface area contributed by atoms with Gasteiger partial charge in [0, 0.05) is 5.56 Å². The van der Waals surface area contributed by atoms with Crippen molar-refractivity contribution < 1.29 is 14.3 Å². The van der Waals surface area contributed by atoms with E-state index in [2.05, 4.69) is 6.08 Å². The van der Waals surface area contributed by atoms with Gasteiger partial charge < -0.3 is 4.74 Å². The summed E-state index contributed by atoms with van der Waals surface area (Å²) in [6.07, 6.45) is 8.80. The van der Waals surface area contributed by atoms with E-state index in [4.69, 9.17) is 4.74 Å². The number of rotatable bonds is 8. The van der Waals surface area contributed by atoms with Gasteiger partial charge in [-0.05, 0) is 52.5 Å². The van der Waals surface area contributed by atoms with Crippen molar-refractivity contribution in [2.75, 3.05) is 0 Å². The van der Waals surface area contributed by atoms with E-state index in [1.54, 1.807) is 24.3 Å². The van der Waals surface area contributed by atoms with Gasteiger partial charge in [-0.15, -0.1) is 0 Å². The van der Waals surface area contributed by atoms with Crippen molar-refractivity contribution in [3.05, 3.63) is 47.5 Å². The van der Waals surface area contributed by atoms with E-state index in [1.165, 1.54) is 0 Å². The molecular weight excluding hydrogens is 264 g/mol. The molecule has 0 saturated heterocycles. The predicted octanol–water partition coefficient (Wildman–Crippen LogP) is 4.57. The zero-order valence-electron chi connectivity index (χ0n) is 13.1. The van der Waals surface area contributed by atoms with Gasteiger partial charge in [-0.1, -0.05) is 30.4 Å². The van der Waals surface area contributed by atoms with Gasteiger partial charge in [0.1, 0.15) is 5.60 Å². The molecule has 0 aliphatic rings. The van der Waals surface area contributed by atoms with Gasteiger partial charge in [-0.25, -0.2) is 4.79 Å². The summed E-state index contributed by atoms with van der Waals surface area (Å²) in [5.41, 5.74) is 0.170. The molecule has 0 atom stereocenters. The summed E-state index contributed by atoms with van der Waals surface area (Å²) in [6, 6.07) is 6.70. The number of carbonyl (C=O) groups excluding carboxylic acids is 2. The molecule has 0 unspecified atom stereocenters. The number of unbranched alkanes of at least 4 members (excludes halogenated alkanes) is 2. The molecule has 0 aromatic heterocycles. The first kappa shape index (κ1) is 17.2. The number of benzene rings is 1. The molecular formula is C18H24O3. The number of hydrogen-bond donors (Lipinski definition) is 0. The Morgan fingerprint density at radius 3 is 2.62 bits per heavy atom. The molecule has 0 radical (unpaired) electrons. The Labute approximate surface area is 127 Å². The Morgan fingerprint density at radius 2 is 1.95 bits per heavy atom. The van der Waals surface area contributed by atoms with Crippen molar-refractivity contribution in [2.45, 2.75) is 52.1 Å². The number of hydrogen-bond acceptors (Lipinski definition) is 3. The number of aldehydes is 1. The highest BCUT2D eigenvalue weighted by Gasteiger charge is 2.24. The number of carbonyl (C=O) groups is 2. The summed E-state index contributed by atoms with van der Waals surface area (Å²) >= 11 is 0. The van der Waals surface area contributed by atoms with Gasteiger partial charge in [-0.3, -0.25) is 4.79 Å². The molecule has 1 rings (SSSR count). The van der Waals surface area contributed by atoms with Gasteiger partial charge in [-0.2, -0.15) is 0 Å². The molecule has 0 fully saturated rings. The van der Waals surface area contributed by atoms with E-state index in [-0.39, 0.29) is 0 Å². The number of allylic oxidation sites excluding steroid dienone is 2. The lowest BCUT2D eigenvalue weighted by atomic mass is 10.00. The van der Waals surface area contributed by atoms with E-state index < -0.39 is 11.6 Å². The second-order valence-corrected chi connectivity index (χ2v) is 5.67. The van der Waals surface area contributed by atoms with Crippen molar-refractivity contribution >= 4 is 12.3 Å². The molecule has 0 saturated carbocycles. The smallest absolute Gasteiger partial charge is 0.339 e. The summed E-state index contributed by atoms with van der Waals surface area (Å²) in [4.78, 5) is 23.1. The summed E-state index contributed by atoms with van der Waals surface area (Å²) in [6.45, 7) is 5.82. The van der Waals surface area contributed by atoms with Gasteiger partial charge in [0.25, 0.3) is 0 Å². The minimum Gasteiger partial charge on any atom is -0.456 e. The van der Waals surface area contributed by atoms with Crippen molar-refractivity contribution in [2.24, 2.45) is 0 Å². The first-order chi connectivity index (χ1) is 10.00. The van der Waals surface area contributed by atoms with Crippen molar-refractivity contribution in [1.82, 2.24) is 0 Å². The molecule has 0 bridgehead atoms. The molecule has 0 spiro atoms. The van der Waals surface area contributed by atoms with E-state index in [1.807, 2.05) is 26.8 Å². The van der Waals surface area contributed by atoms with Gasteiger partial charge in [0.15, 0.2) is 6.29 Å². The SMILES string of the molecule is CC=CCCCCC(C)(C)OC(=O)c1ccccc1C=O. The maximum absolute atomic E-state index is 12.2. The van der Waals surface area contributed by atoms with Crippen LogP contribution in [0.2, 0.25) is 0 Å². The highest BCUT2D eigenvalue weighted by atomic mass is 16.6. The van der Waals surface area contributed by atoms with E-state index in [0.29, 0.717) is 17.4 Å². The Balaban J connectivity index is 2.57. The molecule has 1 aromatic carbocycles. The van der Waals surface area contributed by atoms with E-state index in [0.717, 1.165) is 25.7 Å². The fourth-order valence-corrected chi connectivity index (χ4v) is 2.12. The summed E-state index contributed by atoms with van der Waals surface area (Å²) in [7, 11) is 0. The third-order valence-electron chi connectivity index (χ3n) is 3.31. The Morgan fingerprint density at radius 1 is 1.24 bits per heavy atom. The highest BCUT2D eigenvalue weighted by molar-refractivity contribution is 5.98. The molecule has 114 valence electrons. The quantitative estimate of drug-likeness (QED) is 0.304. The first-order valence-corrected chi connectivity index (χ1v) is 7.39. The lowest BCUT2D eigenvalue weighted by Gasteiger charge is -2.25. The van der Waals surface area contributed by atoms with Crippen LogP contribution >= 0.6 is 0 Å². The normalized spacial score (nSPS) is 11.6. The largest absolute Gasteiger partial charge is 0.456 e. The van der Waals surface area contributed by atoms with Crippen LogP contribution in [0, 0.1) is 0 Å². The average Bonchev–Trinajstić information content (AvgIpc) is 2.46. The fourth-order valence-electron chi connectivity index (χ4n) is 2.12. The number of ether oxygens (including phenoxy) is 1. The Kier molecular flexibility index (Phi) is 6.86. The molecule has 3 heteroatoms. The topological polar surface area (TPSA) is 43.4 Å². The van der Waals surface area contributed by atoms with Crippen LogP contribution in [-0.4, -0.2) is 17.9 Å². The average molecular weight is 288 g/mol. The van der Waals surface area contributed by atoms with Crippen LogP contribution in [0.4, 0.5) is 0 Å². The minimum atomic E-state index is -0.525. The molecule has 0 aliphatic carbocycles. The zero-order valence-corrected chi connectivity index (χ0v) is 13.1. The van der Waals surface area contributed by atoms with Crippen molar-refractivity contribution in [1.29, 1.82) is 0 Å². The number of esters is 1. The van der Waals surface area contributed by atoms with Crippen LogP contribution < -0.4 is 0 Å². The van der Waals surface area contributed by atoms with Gasteiger partial charge >= 0.3 is 5.97 Å². The molecule has 3 nitrogen and oxygen atoms in total. The van der Waals surface area contributed by atoms with Crippen LogP contribution in [0.25, 0.3) is 0 Å². The van der Waals surface area contributed by atoms with E-state index >= 15 is 0 Å². The third kappa shape index (κ3) is 5.94. The molecule has 21 heavy (non-hydrogen) atoms. The monoisotopic (exact) mass is 288 g/mol. The van der Waals surface area contributed by atoms with Gasteiger partial charge in [0.2, 0.25) is 0 Å². The molecule has 1 aromatic rings. The van der Waals surface area contributed by atoms with Crippen LogP contribution in [0.15, 0.2) is 36.4 Å².